The SMILES string of the molecule is C[C@H]1CN(c2ncnc3c(C#N)c4n(c23)CCCC4)CCN1. The first-order chi connectivity index (χ1) is 10.8. The van der Waals surface area contributed by atoms with Crippen LogP contribution in [-0.4, -0.2) is 40.2 Å². The zero-order chi connectivity index (χ0) is 15.1. The number of nitrogens with one attached hydrogen (secondary N) is 1. The van der Waals surface area contributed by atoms with Crippen LogP contribution >= 0.6 is 0 Å². The number of nitrogens with zero attached hydrogens (tertiary/aromatic N) is 5. The third-order valence-electron chi connectivity index (χ3n) is 4.75. The Kier molecular flexibility index (Phi) is 3.23. The quantitative estimate of drug-likeness (QED) is 0.862. The number of piperazine rings is 1. The van der Waals surface area contributed by atoms with Crippen molar-refractivity contribution in [3.63, 3.8) is 0 Å². The van der Waals surface area contributed by atoms with E-state index in [4.69, 9.17) is 0 Å². The molecule has 0 aromatic carbocycles. The summed E-state index contributed by atoms with van der Waals surface area (Å²) in [5, 5.41) is 13.0. The van der Waals surface area contributed by atoms with Gasteiger partial charge >= 0.3 is 0 Å². The van der Waals surface area contributed by atoms with Gasteiger partial charge in [0.1, 0.15) is 23.4 Å². The lowest BCUT2D eigenvalue weighted by molar-refractivity contribution is 0.481. The lowest BCUT2D eigenvalue weighted by Crippen LogP contribution is -2.49. The summed E-state index contributed by atoms with van der Waals surface area (Å²) in [6.07, 6.45) is 4.89. The largest absolute Gasteiger partial charge is 0.352 e. The molecule has 0 amide bonds. The molecule has 2 aliphatic heterocycles. The van der Waals surface area contributed by atoms with Crippen molar-refractivity contribution in [3.05, 3.63) is 17.6 Å². The molecule has 2 aromatic heterocycles. The summed E-state index contributed by atoms with van der Waals surface area (Å²) in [4.78, 5) is 11.3. The normalized spacial score (nSPS) is 21.6. The number of nitriles is 1. The Hall–Kier alpha value is -2.13. The highest BCUT2D eigenvalue weighted by Crippen LogP contribution is 2.33. The lowest BCUT2D eigenvalue weighted by Gasteiger charge is -2.33. The Morgan fingerprint density at radius 2 is 2.23 bits per heavy atom. The molecule has 0 aliphatic carbocycles. The van der Waals surface area contributed by atoms with Gasteiger partial charge in [0.25, 0.3) is 0 Å². The third kappa shape index (κ3) is 1.97. The first-order valence-corrected chi connectivity index (χ1v) is 8.04. The maximum absolute atomic E-state index is 9.58. The van der Waals surface area contributed by atoms with Crippen LogP contribution in [-0.2, 0) is 13.0 Å². The zero-order valence-corrected chi connectivity index (χ0v) is 12.8. The van der Waals surface area contributed by atoms with E-state index >= 15 is 0 Å². The van der Waals surface area contributed by atoms with Gasteiger partial charge in [0, 0.05) is 37.9 Å². The molecule has 1 fully saturated rings. The number of fused-ring (bicyclic) bond motifs is 3. The van der Waals surface area contributed by atoms with Crippen molar-refractivity contribution < 1.29 is 0 Å². The highest BCUT2D eigenvalue weighted by atomic mass is 15.3. The second-order valence-electron chi connectivity index (χ2n) is 6.24. The van der Waals surface area contributed by atoms with Crippen LogP contribution in [0.4, 0.5) is 5.82 Å². The Bertz CT molecular complexity index is 756. The molecule has 2 aromatic rings. The summed E-state index contributed by atoms with van der Waals surface area (Å²) in [5.74, 6) is 0.989. The molecule has 2 aliphatic rings. The monoisotopic (exact) mass is 296 g/mol. The van der Waals surface area contributed by atoms with Crippen LogP contribution in [0.5, 0.6) is 0 Å². The molecule has 1 saturated heterocycles. The lowest BCUT2D eigenvalue weighted by atomic mass is 10.1. The highest BCUT2D eigenvalue weighted by molar-refractivity contribution is 5.92. The molecule has 0 spiro atoms. The number of anilines is 1. The molecule has 114 valence electrons. The van der Waals surface area contributed by atoms with Gasteiger partial charge in [-0.2, -0.15) is 5.26 Å². The number of aryl methyl sites for hydroxylation is 1. The summed E-state index contributed by atoms with van der Waals surface area (Å²) in [7, 11) is 0. The van der Waals surface area contributed by atoms with Crippen molar-refractivity contribution in [2.45, 2.75) is 38.8 Å². The van der Waals surface area contributed by atoms with E-state index in [9.17, 15) is 5.26 Å². The van der Waals surface area contributed by atoms with Crippen molar-refractivity contribution in [1.82, 2.24) is 19.9 Å². The van der Waals surface area contributed by atoms with Crippen LogP contribution in [0.25, 0.3) is 11.0 Å². The van der Waals surface area contributed by atoms with Gasteiger partial charge in [0.15, 0.2) is 5.82 Å². The second kappa shape index (κ2) is 5.25. The molecule has 0 unspecified atom stereocenters. The van der Waals surface area contributed by atoms with Crippen molar-refractivity contribution in [2.75, 3.05) is 24.5 Å². The first kappa shape index (κ1) is 13.5. The second-order valence-corrected chi connectivity index (χ2v) is 6.24. The molecule has 22 heavy (non-hydrogen) atoms. The van der Waals surface area contributed by atoms with Crippen molar-refractivity contribution in [2.24, 2.45) is 0 Å². The van der Waals surface area contributed by atoms with Gasteiger partial charge in [-0.15, -0.1) is 0 Å². The molecule has 1 N–H and O–H groups in total. The van der Waals surface area contributed by atoms with Gasteiger partial charge in [0.05, 0.1) is 5.56 Å². The van der Waals surface area contributed by atoms with E-state index in [1.165, 1.54) is 0 Å². The van der Waals surface area contributed by atoms with E-state index in [-0.39, 0.29) is 0 Å². The molecule has 0 bridgehead atoms. The van der Waals surface area contributed by atoms with Crippen LogP contribution in [0.2, 0.25) is 0 Å². The fourth-order valence-electron chi connectivity index (χ4n) is 3.75. The highest BCUT2D eigenvalue weighted by Gasteiger charge is 2.26. The summed E-state index contributed by atoms with van der Waals surface area (Å²) in [6, 6.07) is 2.82. The van der Waals surface area contributed by atoms with E-state index in [1.807, 2.05) is 0 Å². The van der Waals surface area contributed by atoms with Crippen molar-refractivity contribution in [3.8, 4) is 6.07 Å². The molecule has 4 heterocycles. The van der Waals surface area contributed by atoms with Gasteiger partial charge in [-0.3, -0.25) is 0 Å². The fraction of sp³-hybridized carbons (Fsp3) is 0.562. The van der Waals surface area contributed by atoms with Crippen LogP contribution in [0.1, 0.15) is 31.0 Å². The Labute approximate surface area is 129 Å². The van der Waals surface area contributed by atoms with E-state index in [2.05, 4.69) is 37.7 Å². The van der Waals surface area contributed by atoms with E-state index in [0.29, 0.717) is 6.04 Å². The van der Waals surface area contributed by atoms with Crippen LogP contribution in [0.3, 0.4) is 0 Å². The number of rotatable bonds is 1. The fourth-order valence-corrected chi connectivity index (χ4v) is 3.75. The molecular formula is C16H20N6. The van der Waals surface area contributed by atoms with Crippen molar-refractivity contribution >= 4 is 16.9 Å². The number of hydrogen-bond acceptors (Lipinski definition) is 5. The van der Waals surface area contributed by atoms with Gasteiger partial charge in [-0.05, 0) is 26.2 Å². The van der Waals surface area contributed by atoms with Gasteiger partial charge in [0.2, 0.25) is 0 Å². The standard InChI is InChI=1S/C16H20N6/c1-11-9-21(7-5-18-11)16-15-14(19-10-20-16)12(8-17)13-4-2-3-6-22(13)15/h10-11,18H,2-7,9H2,1H3/t11-/m0/s1. The predicted octanol–water partition coefficient (Wildman–Crippen LogP) is 1.44. The molecule has 0 radical (unpaired) electrons. The third-order valence-corrected chi connectivity index (χ3v) is 4.75. The van der Waals surface area contributed by atoms with Crippen LogP contribution in [0, 0.1) is 11.3 Å². The zero-order valence-electron chi connectivity index (χ0n) is 12.8. The molecule has 6 nitrogen and oxygen atoms in total. The summed E-state index contributed by atoms with van der Waals surface area (Å²) in [5.41, 5.74) is 3.79. The molecule has 0 saturated carbocycles. The minimum Gasteiger partial charge on any atom is -0.352 e. The summed E-state index contributed by atoms with van der Waals surface area (Å²) < 4.78 is 2.29. The van der Waals surface area contributed by atoms with E-state index in [0.717, 1.165) is 73.6 Å². The minimum atomic E-state index is 0.449. The molecule has 6 heteroatoms. The summed E-state index contributed by atoms with van der Waals surface area (Å²) >= 11 is 0. The van der Waals surface area contributed by atoms with E-state index in [1.54, 1.807) is 6.33 Å². The molecule has 4 rings (SSSR count). The maximum atomic E-state index is 9.58. The average Bonchev–Trinajstić information content (AvgIpc) is 2.88. The number of aromatic nitrogens is 3. The van der Waals surface area contributed by atoms with Gasteiger partial charge < -0.3 is 14.8 Å². The summed E-state index contributed by atoms with van der Waals surface area (Å²) in [6.45, 7) is 6.01. The Morgan fingerprint density at radius 3 is 3.05 bits per heavy atom. The maximum Gasteiger partial charge on any atom is 0.156 e. The van der Waals surface area contributed by atoms with Gasteiger partial charge in [-0.25, -0.2) is 9.97 Å². The van der Waals surface area contributed by atoms with Crippen molar-refractivity contribution in [1.29, 1.82) is 5.26 Å². The Balaban J connectivity index is 1.93. The topological polar surface area (TPSA) is 69.8 Å². The van der Waals surface area contributed by atoms with E-state index < -0.39 is 0 Å². The first-order valence-electron chi connectivity index (χ1n) is 8.04. The average molecular weight is 296 g/mol. The number of hydrogen-bond donors (Lipinski definition) is 1. The Morgan fingerprint density at radius 1 is 1.32 bits per heavy atom. The predicted molar refractivity (Wildman–Crippen MR) is 84.9 cm³/mol. The smallest absolute Gasteiger partial charge is 0.156 e. The molecular weight excluding hydrogens is 276 g/mol. The van der Waals surface area contributed by atoms with Crippen LogP contribution in [0.15, 0.2) is 6.33 Å². The molecule has 1 atom stereocenters. The minimum absolute atomic E-state index is 0.449. The van der Waals surface area contributed by atoms with Gasteiger partial charge in [-0.1, -0.05) is 0 Å². The van der Waals surface area contributed by atoms with Crippen LogP contribution < -0.4 is 10.2 Å².